The minimum Gasteiger partial charge on any atom is -0.309 e. The SMILES string of the molecule is CCOP(=O)(CC(=O)N1c2ccccc2Sc2ccccc21)OCC. The van der Waals surface area contributed by atoms with E-state index < -0.39 is 7.60 Å². The summed E-state index contributed by atoms with van der Waals surface area (Å²) < 4.78 is 23.4. The number of amides is 1. The molecule has 2 aromatic carbocycles. The van der Waals surface area contributed by atoms with Crippen molar-refractivity contribution < 1.29 is 18.4 Å². The Balaban J connectivity index is 1.98. The van der Waals surface area contributed by atoms with Crippen molar-refractivity contribution in [3.05, 3.63) is 48.5 Å². The molecule has 7 heteroatoms. The molecule has 1 aliphatic heterocycles. The topological polar surface area (TPSA) is 55.8 Å². The lowest BCUT2D eigenvalue weighted by atomic mass is 10.2. The molecule has 25 heavy (non-hydrogen) atoms. The summed E-state index contributed by atoms with van der Waals surface area (Å²) in [6.45, 7) is 3.93. The van der Waals surface area contributed by atoms with Gasteiger partial charge < -0.3 is 9.05 Å². The molecule has 0 radical (unpaired) electrons. The first-order valence-corrected chi connectivity index (χ1v) is 10.7. The van der Waals surface area contributed by atoms with E-state index in [4.69, 9.17) is 9.05 Å². The minimum absolute atomic E-state index is 0.230. The quantitative estimate of drug-likeness (QED) is 0.657. The Morgan fingerprint density at radius 2 is 1.44 bits per heavy atom. The molecule has 0 spiro atoms. The van der Waals surface area contributed by atoms with Gasteiger partial charge >= 0.3 is 7.60 Å². The molecule has 1 amide bonds. The van der Waals surface area contributed by atoms with Gasteiger partial charge in [0, 0.05) is 9.79 Å². The Morgan fingerprint density at radius 3 is 1.92 bits per heavy atom. The maximum absolute atomic E-state index is 13.1. The first-order chi connectivity index (χ1) is 12.1. The van der Waals surface area contributed by atoms with Crippen LogP contribution in [0.5, 0.6) is 0 Å². The van der Waals surface area contributed by atoms with E-state index in [1.54, 1.807) is 30.5 Å². The molecule has 0 aliphatic carbocycles. The van der Waals surface area contributed by atoms with Gasteiger partial charge in [-0.15, -0.1) is 0 Å². The molecule has 2 aromatic rings. The summed E-state index contributed by atoms with van der Waals surface area (Å²) in [4.78, 5) is 16.7. The van der Waals surface area contributed by atoms with Crippen LogP contribution in [0, 0.1) is 0 Å². The summed E-state index contributed by atoms with van der Waals surface area (Å²) in [6, 6.07) is 15.4. The molecular formula is C18H20NO4PS. The van der Waals surface area contributed by atoms with Gasteiger partial charge in [-0.2, -0.15) is 0 Å². The van der Waals surface area contributed by atoms with Crippen molar-refractivity contribution in [3.8, 4) is 0 Å². The smallest absolute Gasteiger partial charge is 0.309 e. The van der Waals surface area contributed by atoms with Crippen LogP contribution in [0.15, 0.2) is 58.3 Å². The van der Waals surface area contributed by atoms with Gasteiger partial charge in [-0.25, -0.2) is 0 Å². The van der Waals surface area contributed by atoms with E-state index in [0.29, 0.717) is 0 Å². The van der Waals surface area contributed by atoms with Crippen molar-refractivity contribution in [2.45, 2.75) is 23.6 Å². The fourth-order valence-corrected chi connectivity index (χ4v) is 5.31. The van der Waals surface area contributed by atoms with E-state index in [2.05, 4.69) is 0 Å². The number of para-hydroxylation sites is 2. The zero-order chi connectivity index (χ0) is 17.9. The number of carbonyl (C=O) groups excluding carboxylic acids is 1. The third-order valence-electron chi connectivity index (χ3n) is 3.66. The van der Waals surface area contributed by atoms with Crippen molar-refractivity contribution in [1.82, 2.24) is 0 Å². The molecule has 0 unspecified atom stereocenters. The molecule has 0 fully saturated rings. The van der Waals surface area contributed by atoms with Crippen LogP contribution in [0.1, 0.15) is 13.8 Å². The van der Waals surface area contributed by atoms with E-state index in [9.17, 15) is 9.36 Å². The lowest BCUT2D eigenvalue weighted by Crippen LogP contribution is -2.31. The molecule has 0 aromatic heterocycles. The fourth-order valence-electron chi connectivity index (χ4n) is 2.73. The second-order valence-electron chi connectivity index (χ2n) is 5.37. The molecule has 1 heterocycles. The highest BCUT2D eigenvalue weighted by molar-refractivity contribution is 7.99. The number of anilines is 2. The third kappa shape index (κ3) is 3.82. The number of rotatable bonds is 6. The van der Waals surface area contributed by atoms with Gasteiger partial charge in [-0.05, 0) is 38.1 Å². The Bertz CT molecular complexity index is 771. The number of carbonyl (C=O) groups is 1. The average molecular weight is 377 g/mol. The van der Waals surface area contributed by atoms with Gasteiger partial charge in [-0.1, -0.05) is 36.0 Å². The number of nitrogens with zero attached hydrogens (tertiary/aromatic N) is 1. The fraction of sp³-hybridized carbons (Fsp3) is 0.278. The second kappa shape index (κ2) is 7.75. The highest BCUT2D eigenvalue weighted by Crippen LogP contribution is 2.51. The van der Waals surface area contributed by atoms with Crippen molar-refractivity contribution in [2.24, 2.45) is 0 Å². The monoisotopic (exact) mass is 377 g/mol. The standard InChI is InChI=1S/C18H20NO4PS/c1-3-22-24(21,23-4-2)13-18(20)19-14-9-5-7-11-16(14)25-17-12-8-6-10-15(17)19/h5-12H,3-4,13H2,1-2H3. The maximum atomic E-state index is 13.1. The van der Waals surface area contributed by atoms with Gasteiger partial charge in [0.1, 0.15) is 6.16 Å². The third-order valence-corrected chi connectivity index (χ3v) is 6.75. The number of hydrogen-bond donors (Lipinski definition) is 0. The molecule has 5 nitrogen and oxygen atoms in total. The summed E-state index contributed by atoms with van der Waals surface area (Å²) in [5.74, 6) is -0.301. The zero-order valence-corrected chi connectivity index (χ0v) is 15.9. The lowest BCUT2D eigenvalue weighted by molar-refractivity contribution is -0.115. The maximum Gasteiger partial charge on any atom is 0.340 e. The van der Waals surface area contributed by atoms with Crippen LogP contribution < -0.4 is 4.90 Å². The zero-order valence-electron chi connectivity index (χ0n) is 14.2. The molecule has 0 atom stereocenters. The van der Waals surface area contributed by atoms with Crippen molar-refractivity contribution >= 4 is 36.6 Å². The average Bonchev–Trinajstić information content (AvgIpc) is 2.59. The Morgan fingerprint density at radius 1 is 0.960 bits per heavy atom. The summed E-state index contributed by atoms with van der Waals surface area (Å²) in [5, 5.41) is 0. The Labute approximate surface area is 151 Å². The second-order valence-corrected chi connectivity index (χ2v) is 8.51. The summed E-state index contributed by atoms with van der Waals surface area (Å²) in [7, 11) is -3.46. The van der Waals surface area contributed by atoms with Crippen molar-refractivity contribution in [2.75, 3.05) is 24.3 Å². The van der Waals surface area contributed by atoms with Gasteiger partial charge in [0.05, 0.1) is 24.6 Å². The van der Waals surface area contributed by atoms with Crippen molar-refractivity contribution in [3.63, 3.8) is 0 Å². The van der Waals surface area contributed by atoms with Crippen LogP contribution >= 0.6 is 19.4 Å². The summed E-state index contributed by atoms with van der Waals surface area (Å²) in [6.07, 6.45) is -0.290. The molecule has 3 rings (SSSR count). The predicted octanol–water partition coefficient (Wildman–Crippen LogP) is 5.08. The van der Waals surface area contributed by atoms with Gasteiger partial charge in [-0.3, -0.25) is 14.3 Å². The van der Waals surface area contributed by atoms with Crippen LogP contribution in [-0.2, 0) is 18.4 Å². The van der Waals surface area contributed by atoms with Gasteiger partial charge in [0.25, 0.3) is 0 Å². The van der Waals surface area contributed by atoms with Crippen molar-refractivity contribution in [1.29, 1.82) is 0 Å². The van der Waals surface area contributed by atoms with Gasteiger partial charge in [0.2, 0.25) is 5.91 Å². The Hall–Kier alpha value is -1.59. The number of fused-ring (bicyclic) bond motifs is 2. The van der Waals surface area contributed by atoms with Crippen LogP contribution in [0.4, 0.5) is 11.4 Å². The van der Waals surface area contributed by atoms with E-state index >= 15 is 0 Å². The summed E-state index contributed by atoms with van der Waals surface area (Å²) in [5.41, 5.74) is 1.58. The molecular weight excluding hydrogens is 357 g/mol. The summed E-state index contributed by atoms with van der Waals surface area (Å²) >= 11 is 1.62. The largest absolute Gasteiger partial charge is 0.340 e. The number of benzene rings is 2. The van der Waals surface area contributed by atoms with E-state index in [1.807, 2.05) is 48.5 Å². The van der Waals surface area contributed by atoms with E-state index in [0.717, 1.165) is 21.2 Å². The molecule has 0 N–H and O–H groups in total. The molecule has 0 bridgehead atoms. The highest BCUT2D eigenvalue weighted by atomic mass is 32.2. The van der Waals surface area contributed by atoms with E-state index in [1.165, 1.54) is 0 Å². The normalized spacial score (nSPS) is 13.3. The minimum atomic E-state index is -3.46. The van der Waals surface area contributed by atoms with Crippen LogP contribution in [0.3, 0.4) is 0 Å². The van der Waals surface area contributed by atoms with Gasteiger partial charge in [0.15, 0.2) is 0 Å². The van der Waals surface area contributed by atoms with Crippen LogP contribution in [-0.4, -0.2) is 25.3 Å². The highest BCUT2D eigenvalue weighted by Gasteiger charge is 2.34. The number of hydrogen-bond acceptors (Lipinski definition) is 5. The first kappa shape index (κ1) is 18.2. The predicted molar refractivity (Wildman–Crippen MR) is 99.9 cm³/mol. The molecule has 0 saturated carbocycles. The van der Waals surface area contributed by atoms with Crippen LogP contribution in [0.25, 0.3) is 0 Å². The lowest BCUT2D eigenvalue weighted by Gasteiger charge is -2.31. The molecule has 1 aliphatic rings. The van der Waals surface area contributed by atoms with Crippen LogP contribution in [0.2, 0.25) is 0 Å². The molecule has 132 valence electrons. The van der Waals surface area contributed by atoms with E-state index in [-0.39, 0.29) is 25.3 Å². The molecule has 0 saturated heterocycles. The first-order valence-electron chi connectivity index (χ1n) is 8.15. The Kier molecular flexibility index (Phi) is 5.64.